The highest BCUT2D eigenvalue weighted by Gasteiger charge is 2.23. The van der Waals surface area contributed by atoms with Crippen molar-refractivity contribution < 1.29 is 9.53 Å². The molecule has 1 aliphatic rings. The first kappa shape index (κ1) is 14.5. The summed E-state index contributed by atoms with van der Waals surface area (Å²) in [6.07, 6.45) is 3.08. The van der Waals surface area contributed by atoms with Gasteiger partial charge in [0.2, 0.25) is 5.91 Å². The minimum atomic E-state index is 0.105. The second-order valence-corrected chi connectivity index (χ2v) is 5.67. The number of carbonyl (C=O) groups is 1. The van der Waals surface area contributed by atoms with Crippen molar-refractivity contribution in [3.05, 3.63) is 0 Å². The van der Waals surface area contributed by atoms with Gasteiger partial charge in [0, 0.05) is 26.8 Å². The zero-order chi connectivity index (χ0) is 12.7. The number of methoxy groups -OCH3 is 1. The van der Waals surface area contributed by atoms with Crippen LogP contribution in [0, 0.1) is 11.3 Å². The van der Waals surface area contributed by atoms with E-state index in [4.69, 9.17) is 4.74 Å². The average Bonchev–Trinajstić information content (AvgIpc) is 2.35. The quantitative estimate of drug-likeness (QED) is 0.735. The number of nitrogens with one attached hydrogen (secondary N) is 2. The maximum Gasteiger partial charge on any atom is 0.224 e. The molecule has 0 spiro atoms. The van der Waals surface area contributed by atoms with Crippen LogP contribution < -0.4 is 10.6 Å². The largest absolute Gasteiger partial charge is 0.385 e. The first-order chi connectivity index (χ1) is 8.05. The maximum absolute atomic E-state index is 11.9. The molecule has 0 aromatic rings. The molecule has 0 radical (unpaired) electrons. The van der Waals surface area contributed by atoms with Crippen molar-refractivity contribution in [1.29, 1.82) is 0 Å². The van der Waals surface area contributed by atoms with E-state index in [0.29, 0.717) is 0 Å². The van der Waals surface area contributed by atoms with Gasteiger partial charge in [-0.05, 0) is 31.2 Å². The Bertz CT molecular complexity index is 236. The fourth-order valence-electron chi connectivity index (χ4n) is 2.01. The fourth-order valence-corrected chi connectivity index (χ4v) is 2.01. The van der Waals surface area contributed by atoms with Crippen LogP contribution in [-0.4, -0.2) is 39.3 Å². The monoisotopic (exact) mass is 242 g/mol. The molecule has 0 aromatic heterocycles. The third-order valence-electron chi connectivity index (χ3n) is 3.39. The Balaban J connectivity index is 2.26. The van der Waals surface area contributed by atoms with Crippen LogP contribution in [0.4, 0.5) is 0 Å². The third-order valence-corrected chi connectivity index (χ3v) is 3.39. The van der Waals surface area contributed by atoms with Gasteiger partial charge in [-0.15, -0.1) is 0 Å². The van der Waals surface area contributed by atoms with E-state index in [1.807, 2.05) is 0 Å². The Morgan fingerprint density at radius 3 is 2.88 bits per heavy atom. The number of amides is 1. The number of hydrogen-bond donors (Lipinski definition) is 2. The van der Waals surface area contributed by atoms with Crippen molar-refractivity contribution in [2.75, 3.05) is 33.4 Å². The standard InChI is InChI=1S/C13H26N2O2/c1-13(2,6-8-17-3)10-15-12(16)11-5-4-7-14-9-11/h11,14H,4-10H2,1-3H3,(H,15,16)/t11-/m1/s1. The van der Waals surface area contributed by atoms with Gasteiger partial charge >= 0.3 is 0 Å². The third kappa shape index (κ3) is 5.50. The Hall–Kier alpha value is -0.610. The van der Waals surface area contributed by atoms with Gasteiger partial charge in [0.15, 0.2) is 0 Å². The highest BCUT2D eigenvalue weighted by atomic mass is 16.5. The van der Waals surface area contributed by atoms with Crippen LogP contribution in [0.3, 0.4) is 0 Å². The van der Waals surface area contributed by atoms with Gasteiger partial charge in [0.05, 0.1) is 5.92 Å². The molecule has 17 heavy (non-hydrogen) atoms. The lowest BCUT2D eigenvalue weighted by Gasteiger charge is -2.27. The SMILES string of the molecule is COCCC(C)(C)CNC(=O)[C@@H]1CCCNC1. The van der Waals surface area contributed by atoms with Crippen LogP contribution in [0.1, 0.15) is 33.1 Å². The Labute approximate surface area is 104 Å². The molecule has 4 heteroatoms. The molecular weight excluding hydrogens is 216 g/mol. The summed E-state index contributed by atoms with van der Waals surface area (Å²) in [5.74, 6) is 0.352. The summed E-state index contributed by atoms with van der Waals surface area (Å²) in [5, 5.41) is 6.33. The van der Waals surface area contributed by atoms with Crippen LogP contribution >= 0.6 is 0 Å². The summed E-state index contributed by atoms with van der Waals surface area (Å²) in [6.45, 7) is 7.66. The van der Waals surface area contributed by atoms with Crippen molar-refractivity contribution in [2.45, 2.75) is 33.1 Å². The highest BCUT2D eigenvalue weighted by molar-refractivity contribution is 5.79. The molecule has 1 heterocycles. The molecule has 100 valence electrons. The number of ether oxygens (including phenoxy) is 1. The first-order valence-corrected chi connectivity index (χ1v) is 6.52. The number of rotatable bonds is 6. The molecule has 0 aromatic carbocycles. The summed E-state index contributed by atoms with van der Waals surface area (Å²) >= 11 is 0. The topological polar surface area (TPSA) is 50.4 Å². The van der Waals surface area contributed by atoms with Crippen molar-refractivity contribution in [2.24, 2.45) is 11.3 Å². The molecule has 1 saturated heterocycles. The maximum atomic E-state index is 11.9. The van der Waals surface area contributed by atoms with Gasteiger partial charge in [-0.3, -0.25) is 4.79 Å². The van der Waals surface area contributed by atoms with Gasteiger partial charge in [0.1, 0.15) is 0 Å². The molecular formula is C13H26N2O2. The molecule has 0 saturated carbocycles. The second-order valence-electron chi connectivity index (χ2n) is 5.67. The van der Waals surface area contributed by atoms with Gasteiger partial charge in [-0.2, -0.15) is 0 Å². The average molecular weight is 242 g/mol. The predicted octanol–water partition coefficient (Wildman–Crippen LogP) is 1.16. The number of hydrogen-bond acceptors (Lipinski definition) is 3. The lowest BCUT2D eigenvalue weighted by molar-refractivity contribution is -0.126. The minimum absolute atomic E-state index is 0.105. The smallest absolute Gasteiger partial charge is 0.224 e. The summed E-state index contributed by atoms with van der Waals surface area (Å²) in [5.41, 5.74) is 0.105. The van der Waals surface area contributed by atoms with Crippen LogP contribution in [0.2, 0.25) is 0 Å². The molecule has 1 atom stereocenters. The zero-order valence-electron chi connectivity index (χ0n) is 11.3. The normalized spacial score (nSPS) is 21.2. The van der Waals surface area contributed by atoms with Crippen LogP contribution in [0.15, 0.2) is 0 Å². The van der Waals surface area contributed by atoms with Crippen molar-refractivity contribution in [1.82, 2.24) is 10.6 Å². The van der Waals surface area contributed by atoms with E-state index in [9.17, 15) is 4.79 Å². The molecule has 1 fully saturated rings. The first-order valence-electron chi connectivity index (χ1n) is 6.52. The summed E-state index contributed by atoms with van der Waals surface area (Å²) in [6, 6.07) is 0. The van der Waals surface area contributed by atoms with Crippen LogP contribution in [-0.2, 0) is 9.53 Å². The van der Waals surface area contributed by atoms with Crippen LogP contribution in [0.25, 0.3) is 0 Å². The Kier molecular flexibility index (Phi) is 5.92. The van der Waals surface area contributed by atoms with Gasteiger partial charge in [-0.25, -0.2) is 0 Å². The lowest BCUT2D eigenvalue weighted by atomic mass is 9.89. The second kappa shape index (κ2) is 6.97. The molecule has 2 N–H and O–H groups in total. The molecule has 1 amide bonds. The number of carbonyl (C=O) groups excluding carboxylic acids is 1. The van der Waals surface area contributed by atoms with E-state index in [0.717, 1.165) is 45.5 Å². The molecule has 0 unspecified atom stereocenters. The van der Waals surface area contributed by atoms with E-state index < -0.39 is 0 Å². The highest BCUT2D eigenvalue weighted by Crippen LogP contribution is 2.19. The lowest BCUT2D eigenvalue weighted by Crippen LogP contribution is -2.43. The van der Waals surface area contributed by atoms with Gasteiger partial charge in [0.25, 0.3) is 0 Å². The van der Waals surface area contributed by atoms with Crippen LogP contribution in [0.5, 0.6) is 0 Å². The molecule has 1 rings (SSSR count). The molecule has 0 bridgehead atoms. The van der Waals surface area contributed by atoms with E-state index in [2.05, 4.69) is 24.5 Å². The summed E-state index contributed by atoms with van der Waals surface area (Å²) in [7, 11) is 1.71. The summed E-state index contributed by atoms with van der Waals surface area (Å²) < 4.78 is 5.08. The minimum Gasteiger partial charge on any atom is -0.385 e. The summed E-state index contributed by atoms with van der Waals surface area (Å²) in [4.78, 5) is 11.9. The van der Waals surface area contributed by atoms with E-state index in [-0.39, 0.29) is 17.2 Å². The van der Waals surface area contributed by atoms with Gasteiger partial charge in [-0.1, -0.05) is 13.8 Å². The predicted molar refractivity (Wildman–Crippen MR) is 68.9 cm³/mol. The van der Waals surface area contributed by atoms with E-state index >= 15 is 0 Å². The van der Waals surface area contributed by atoms with Gasteiger partial charge < -0.3 is 15.4 Å². The van der Waals surface area contributed by atoms with E-state index in [1.54, 1.807) is 7.11 Å². The van der Waals surface area contributed by atoms with E-state index in [1.165, 1.54) is 0 Å². The molecule has 4 nitrogen and oxygen atoms in total. The zero-order valence-corrected chi connectivity index (χ0v) is 11.3. The van der Waals surface area contributed by atoms with Crippen molar-refractivity contribution in [3.63, 3.8) is 0 Å². The number of piperidine rings is 1. The Morgan fingerprint density at radius 1 is 1.53 bits per heavy atom. The molecule has 0 aliphatic carbocycles. The Morgan fingerprint density at radius 2 is 2.29 bits per heavy atom. The fraction of sp³-hybridized carbons (Fsp3) is 0.923. The van der Waals surface area contributed by atoms with Crippen molar-refractivity contribution >= 4 is 5.91 Å². The van der Waals surface area contributed by atoms with Crippen molar-refractivity contribution in [3.8, 4) is 0 Å². The molecule has 1 aliphatic heterocycles.